The van der Waals surface area contributed by atoms with Crippen molar-refractivity contribution in [3.63, 3.8) is 0 Å². The first-order chi connectivity index (χ1) is 6.81. The summed E-state index contributed by atoms with van der Waals surface area (Å²) in [5, 5.41) is 2.63. The van der Waals surface area contributed by atoms with Gasteiger partial charge in [0.15, 0.2) is 0 Å². The van der Waals surface area contributed by atoms with E-state index in [2.05, 4.69) is 5.32 Å². The molecule has 0 atom stereocenters. The molecule has 0 spiro atoms. The van der Waals surface area contributed by atoms with Gasteiger partial charge >= 0.3 is 0 Å². The Hall–Kier alpha value is -0.900. The Morgan fingerprint density at radius 1 is 1.43 bits per heavy atom. The van der Waals surface area contributed by atoms with Gasteiger partial charge in [-0.05, 0) is 6.92 Å². The van der Waals surface area contributed by atoms with E-state index in [1.54, 1.807) is 0 Å². The summed E-state index contributed by atoms with van der Waals surface area (Å²) < 4.78 is 5.00. The predicted octanol–water partition coefficient (Wildman–Crippen LogP) is 1.14. The SMILES string of the molecule is CC.CCOCCNC(=O)CCC=O. The van der Waals surface area contributed by atoms with Gasteiger partial charge in [0.05, 0.1) is 6.61 Å². The van der Waals surface area contributed by atoms with Crippen molar-refractivity contribution < 1.29 is 14.3 Å². The second kappa shape index (κ2) is 14.6. The molecule has 0 aromatic heterocycles. The third kappa shape index (κ3) is 13.7. The lowest BCUT2D eigenvalue weighted by molar-refractivity contribution is -0.122. The van der Waals surface area contributed by atoms with Crippen LogP contribution in [0, 0.1) is 0 Å². The number of ether oxygens (including phenoxy) is 1. The molecule has 0 aliphatic heterocycles. The number of carbonyl (C=O) groups is 2. The molecular formula is C10H21NO3. The molecule has 0 aromatic carbocycles. The lowest BCUT2D eigenvalue weighted by Crippen LogP contribution is -2.26. The van der Waals surface area contributed by atoms with Crippen molar-refractivity contribution >= 4 is 12.2 Å². The fourth-order valence-corrected chi connectivity index (χ4v) is 0.685. The van der Waals surface area contributed by atoms with E-state index in [1.165, 1.54) is 0 Å². The Balaban J connectivity index is 0. The number of aldehydes is 1. The summed E-state index contributed by atoms with van der Waals surface area (Å²) in [7, 11) is 0. The Labute approximate surface area is 86.0 Å². The molecule has 0 radical (unpaired) electrons. The van der Waals surface area contributed by atoms with E-state index >= 15 is 0 Å². The van der Waals surface area contributed by atoms with E-state index in [-0.39, 0.29) is 12.3 Å². The van der Waals surface area contributed by atoms with Crippen molar-refractivity contribution in [1.29, 1.82) is 0 Å². The number of nitrogens with one attached hydrogen (secondary N) is 1. The molecule has 0 aliphatic carbocycles. The first-order valence-electron chi connectivity index (χ1n) is 5.09. The fourth-order valence-electron chi connectivity index (χ4n) is 0.685. The smallest absolute Gasteiger partial charge is 0.220 e. The van der Waals surface area contributed by atoms with Crippen molar-refractivity contribution in [3.8, 4) is 0 Å². The number of hydrogen-bond donors (Lipinski definition) is 1. The van der Waals surface area contributed by atoms with Gasteiger partial charge in [-0.25, -0.2) is 0 Å². The topological polar surface area (TPSA) is 55.4 Å². The molecule has 4 heteroatoms. The number of rotatable bonds is 7. The van der Waals surface area contributed by atoms with E-state index in [9.17, 15) is 9.59 Å². The molecule has 1 N–H and O–H groups in total. The second-order valence-corrected chi connectivity index (χ2v) is 2.25. The quantitative estimate of drug-likeness (QED) is 0.498. The summed E-state index contributed by atoms with van der Waals surface area (Å²) in [6, 6.07) is 0. The Morgan fingerprint density at radius 3 is 2.57 bits per heavy atom. The summed E-state index contributed by atoms with van der Waals surface area (Å²) in [6.45, 7) is 7.60. The molecule has 0 saturated carbocycles. The fraction of sp³-hybridized carbons (Fsp3) is 0.800. The first kappa shape index (κ1) is 15.6. The summed E-state index contributed by atoms with van der Waals surface area (Å²) >= 11 is 0. The Kier molecular flexibility index (Phi) is 16.3. The van der Waals surface area contributed by atoms with Crippen LogP contribution in [0.3, 0.4) is 0 Å². The van der Waals surface area contributed by atoms with E-state index < -0.39 is 0 Å². The summed E-state index contributed by atoms with van der Waals surface area (Å²) in [5.41, 5.74) is 0. The van der Waals surface area contributed by atoms with Gasteiger partial charge in [-0.2, -0.15) is 0 Å². The minimum absolute atomic E-state index is 0.0956. The normalized spacial score (nSPS) is 8.50. The van der Waals surface area contributed by atoms with Crippen LogP contribution in [0.1, 0.15) is 33.6 Å². The molecule has 0 aliphatic rings. The highest BCUT2D eigenvalue weighted by Gasteiger charge is 1.97. The third-order valence-corrected chi connectivity index (χ3v) is 1.26. The zero-order valence-electron chi connectivity index (χ0n) is 9.34. The van der Waals surface area contributed by atoms with Crippen LogP contribution in [0.2, 0.25) is 0 Å². The number of amides is 1. The molecule has 0 bridgehead atoms. The Morgan fingerprint density at radius 2 is 2.07 bits per heavy atom. The molecule has 14 heavy (non-hydrogen) atoms. The summed E-state index contributed by atoms with van der Waals surface area (Å²) in [6.07, 6.45) is 1.30. The van der Waals surface area contributed by atoms with Gasteiger partial charge in [0.1, 0.15) is 6.29 Å². The summed E-state index contributed by atoms with van der Waals surface area (Å²) in [4.78, 5) is 20.7. The van der Waals surface area contributed by atoms with Gasteiger partial charge in [0.2, 0.25) is 5.91 Å². The van der Waals surface area contributed by atoms with Crippen LogP contribution in [-0.2, 0) is 14.3 Å². The van der Waals surface area contributed by atoms with Gasteiger partial charge < -0.3 is 14.8 Å². The van der Waals surface area contributed by atoms with Crippen LogP contribution < -0.4 is 5.32 Å². The van der Waals surface area contributed by atoms with Crippen LogP contribution >= 0.6 is 0 Å². The standard InChI is InChI=1S/C8H15NO3.C2H6/c1-2-12-7-5-9-8(11)4-3-6-10;1-2/h6H,2-5,7H2,1H3,(H,9,11);1-2H3. The highest BCUT2D eigenvalue weighted by molar-refractivity contribution is 5.77. The van der Waals surface area contributed by atoms with E-state index in [0.29, 0.717) is 26.2 Å². The maximum absolute atomic E-state index is 10.8. The summed E-state index contributed by atoms with van der Waals surface area (Å²) in [5.74, 6) is -0.0956. The van der Waals surface area contributed by atoms with Gasteiger partial charge in [-0.3, -0.25) is 4.79 Å². The van der Waals surface area contributed by atoms with Gasteiger partial charge in [0, 0.05) is 26.0 Å². The molecule has 0 aromatic rings. The van der Waals surface area contributed by atoms with Crippen LogP contribution in [0.4, 0.5) is 0 Å². The third-order valence-electron chi connectivity index (χ3n) is 1.26. The molecular weight excluding hydrogens is 182 g/mol. The van der Waals surface area contributed by atoms with Crippen LogP contribution in [-0.4, -0.2) is 32.0 Å². The maximum Gasteiger partial charge on any atom is 0.220 e. The lowest BCUT2D eigenvalue weighted by Gasteiger charge is -2.02. The second-order valence-electron chi connectivity index (χ2n) is 2.25. The minimum atomic E-state index is -0.0956. The molecule has 0 saturated heterocycles. The van der Waals surface area contributed by atoms with Gasteiger partial charge in [-0.1, -0.05) is 13.8 Å². The minimum Gasteiger partial charge on any atom is -0.380 e. The van der Waals surface area contributed by atoms with Crippen molar-refractivity contribution in [2.75, 3.05) is 19.8 Å². The molecule has 0 heterocycles. The molecule has 0 rings (SSSR count). The lowest BCUT2D eigenvalue weighted by atomic mass is 10.3. The van der Waals surface area contributed by atoms with Crippen LogP contribution in [0.15, 0.2) is 0 Å². The highest BCUT2D eigenvalue weighted by Crippen LogP contribution is 1.83. The zero-order valence-corrected chi connectivity index (χ0v) is 9.34. The van der Waals surface area contributed by atoms with Crippen molar-refractivity contribution in [3.05, 3.63) is 0 Å². The first-order valence-corrected chi connectivity index (χ1v) is 5.09. The Bertz CT molecular complexity index is 137. The average Bonchev–Trinajstić information content (AvgIpc) is 2.24. The highest BCUT2D eigenvalue weighted by atomic mass is 16.5. The van der Waals surface area contributed by atoms with E-state index in [4.69, 9.17) is 4.74 Å². The van der Waals surface area contributed by atoms with Gasteiger partial charge in [-0.15, -0.1) is 0 Å². The largest absolute Gasteiger partial charge is 0.380 e. The molecule has 0 fully saturated rings. The average molecular weight is 203 g/mol. The molecule has 84 valence electrons. The predicted molar refractivity (Wildman–Crippen MR) is 56.1 cm³/mol. The van der Waals surface area contributed by atoms with Crippen molar-refractivity contribution in [2.45, 2.75) is 33.6 Å². The van der Waals surface area contributed by atoms with Crippen LogP contribution in [0.5, 0.6) is 0 Å². The molecule has 4 nitrogen and oxygen atoms in total. The van der Waals surface area contributed by atoms with Crippen LogP contribution in [0.25, 0.3) is 0 Å². The molecule has 0 unspecified atom stereocenters. The van der Waals surface area contributed by atoms with Crippen molar-refractivity contribution in [1.82, 2.24) is 5.32 Å². The zero-order chi connectivity index (χ0) is 11.2. The van der Waals surface area contributed by atoms with E-state index in [1.807, 2.05) is 20.8 Å². The monoisotopic (exact) mass is 203 g/mol. The van der Waals surface area contributed by atoms with E-state index in [0.717, 1.165) is 6.29 Å². The van der Waals surface area contributed by atoms with Gasteiger partial charge in [0.25, 0.3) is 0 Å². The maximum atomic E-state index is 10.8. The van der Waals surface area contributed by atoms with Crippen molar-refractivity contribution in [2.24, 2.45) is 0 Å². The molecule has 1 amide bonds. The number of hydrogen-bond acceptors (Lipinski definition) is 3. The number of carbonyl (C=O) groups excluding carboxylic acids is 2.